The van der Waals surface area contributed by atoms with Gasteiger partial charge in [-0.25, -0.2) is 9.97 Å². The van der Waals surface area contributed by atoms with Gasteiger partial charge in [0.25, 0.3) is 5.56 Å². The molecule has 1 aliphatic heterocycles. The van der Waals surface area contributed by atoms with Gasteiger partial charge < -0.3 is 15.8 Å². The van der Waals surface area contributed by atoms with Gasteiger partial charge in [0.2, 0.25) is 0 Å². The highest BCUT2D eigenvalue weighted by atomic mass is 32.1. The van der Waals surface area contributed by atoms with Crippen LogP contribution in [-0.2, 0) is 11.3 Å². The van der Waals surface area contributed by atoms with Gasteiger partial charge in [0.05, 0.1) is 24.8 Å². The van der Waals surface area contributed by atoms with E-state index in [1.165, 1.54) is 17.7 Å². The van der Waals surface area contributed by atoms with Crippen LogP contribution in [0.25, 0.3) is 16.0 Å². The number of hydrogen-bond acceptors (Lipinski definition) is 10. The van der Waals surface area contributed by atoms with E-state index in [1.807, 2.05) is 31.4 Å². The Balaban J connectivity index is 1.48. The van der Waals surface area contributed by atoms with Gasteiger partial charge in [-0.3, -0.25) is 19.0 Å². The maximum atomic E-state index is 14.1. The number of morpholine rings is 1. The lowest BCUT2D eigenvalue weighted by molar-refractivity contribution is 0.0332. The van der Waals surface area contributed by atoms with Crippen molar-refractivity contribution in [3.63, 3.8) is 0 Å². The van der Waals surface area contributed by atoms with Gasteiger partial charge in [-0.05, 0) is 49.2 Å². The maximum absolute atomic E-state index is 14.1. The number of ether oxygens (including phenoxy) is 1. The highest BCUT2D eigenvalue weighted by molar-refractivity contribution is 7.15. The Labute approximate surface area is 244 Å². The quantitative estimate of drug-likeness (QED) is 0.291. The molecule has 214 valence electrons. The first-order valence-electron chi connectivity index (χ1n) is 13.9. The molecule has 1 atom stereocenters. The van der Waals surface area contributed by atoms with E-state index >= 15 is 0 Å². The summed E-state index contributed by atoms with van der Waals surface area (Å²) in [6, 6.07) is 12.1. The smallest absolute Gasteiger partial charge is 0.264 e. The van der Waals surface area contributed by atoms with Gasteiger partial charge >= 0.3 is 0 Å². The van der Waals surface area contributed by atoms with E-state index in [1.54, 1.807) is 4.40 Å². The molecule has 3 aromatic heterocycles. The zero-order valence-electron chi connectivity index (χ0n) is 23.8. The van der Waals surface area contributed by atoms with Crippen molar-refractivity contribution >= 4 is 27.8 Å². The van der Waals surface area contributed by atoms with Crippen LogP contribution >= 0.6 is 11.3 Å². The lowest BCUT2D eigenvalue weighted by atomic mass is 9.95. The summed E-state index contributed by atoms with van der Waals surface area (Å²) in [5.41, 5.74) is 10.4. The minimum absolute atomic E-state index is 0.0653. The molecule has 4 heterocycles. The average Bonchev–Trinajstić information content (AvgIpc) is 3.36. The summed E-state index contributed by atoms with van der Waals surface area (Å²) >= 11 is 1.53. The summed E-state index contributed by atoms with van der Waals surface area (Å²) in [6.45, 7) is 13.4. The van der Waals surface area contributed by atoms with Crippen molar-refractivity contribution in [3.05, 3.63) is 74.8 Å². The fourth-order valence-electron chi connectivity index (χ4n) is 5.30. The molecule has 0 spiro atoms. The van der Waals surface area contributed by atoms with E-state index in [0.29, 0.717) is 11.4 Å². The molecule has 0 bridgehead atoms. The van der Waals surface area contributed by atoms with Crippen LogP contribution in [-0.4, -0.2) is 70.1 Å². The number of nitrogen functional groups attached to an aromatic ring is 1. The van der Waals surface area contributed by atoms with Gasteiger partial charge in [0.15, 0.2) is 0 Å². The predicted molar refractivity (Wildman–Crippen MR) is 163 cm³/mol. The highest BCUT2D eigenvalue weighted by Gasteiger charge is 2.22. The number of fused-ring (bicyclic) bond motifs is 1. The third kappa shape index (κ3) is 6.26. The lowest BCUT2D eigenvalue weighted by Gasteiger charge is -2.29. The molecule has 4 aromatic rings. The van der Waals surface area contributed by atoms with Gasteiger partial charge in [-0.2, -0.15) is 5.26 Å². The monoisotopic (exact) mass is 572 g/mol. The van der Waals surface area contributed by atoms with Crippen molar-refractivity contribution < 1.29 is 4.74 Å². The third-order valence-corrected chi connectivity index (χ3v) is 8.62. The summed E-state index contributed by atoms with van der Waals surface area (Å²) in [4.78, 5) is 28.0. The SMILES string of the molecule is CCN(CCN1CCOCC1)Cc1cccc(-c2c([C@H](C)Nc3ncnc(N)c3C#N)cc3scc(C)n3c2=O)c1. The van der Waals surface area contributed by atoms with Crippen LogP contribution in [0.2, 0.25) is 0 Å². The Morgan fingerprint density at radius 3 is 2.83 bits per heavy atom. The first-order chi connectivity index (χ1) is 19.9. The Morgan fingerprint density at radius 2 is 2.07 bits per heavy atom. The fraction of sp³-hybridized carbons (Fsp3) is 0.400. The second kappa shape index (κ2) is 12.8. The number of nitriles is 1. The molecular weight excluding hydrogens is 536 g/mol. The zero-order valence-corrected chi connectivity index (χ0v) is 24.6. The van der Waals surface area contributed by atoms with E-state index in [2.05, 4.69) is 56.3 Å². The van der Waals surface area contributed by atoms with Crippen molar-refractivity contribution in [2.75, 3.05) is 57.0 Å². The molecule has 1 saturated heterocycles. The predicted octanol–water partition coefficient (Wildman–Crippen LogP) is 3.91. The summed E-state index contributed by atoms with van der Waals surface area (Å²) in [6.07, 6.45) is 1.33. The number of aryl methyl sites for hydroxylation is 1. The van der Waals surface area contributed by atoms with Crippen LogP contribution in [0.3, 0.4) is 0 Å². The summed E-state index contributed by atoms with van der Waals surface area (Å²) in [5, 5.41) is 14.9. The molecule has 1 aliphatic rings. The number of anilines is 2. The van der Waals surface area contributed by atoms with E-state index in [0.717, 1.165) is 79.7 Å². The summed E-state index contributed by atoms with van der Waals surface area (Å²) < 4.78 is 7.26. The number of nitrogens with zero attached hydrogens (tertiary/aromatic N) is 6. The van der Waals surface area contributed by atoms with E-state index in [4.69, 9.17) is 10.5 Å². The number of pyridine rings is 1. The molecule has 0 unspecified atom stereocenters. The molecule has 1 aromatic carbocycles. The van der Waals surface area contributed by atoms with E-state index in [-0.39, 0.29) is 23.0 Å². The first kappa shape index (κ1) is 28.7. The van der Waals surface area contributed by atoms with Gasteiger partial charge in [0.1, 0.15) is 34.4 Å². The first-order valence-corrected chi connectivity index (χ1v) is 14.8. The number of benzene rings is 1. The van der Waals surface area contributed by atoms with Crippen LogP contribution in [0, 0.1) is 18.3 Å². The van der Waals surface area contributed by atoms with E-state index in [9.17, 15) is 10.1 Å². The van der Waals surface area contributed by atoms with Gasteiger partial charge in [-0.1, -0.05) is 25.1 Å². The fourth-order valence-corrected chi connectivity index (χ4v) is 6.22. The van der Waals surface area contributed by atoms with Crippen LogP contribution in [0.5, 0.6) is 0 Å². The molecule has 10 nitrogen and oxygen atoms in total. The molecule has 0 aliphatic carbocycles. The second-order valence-electron chi connectivity index (χ2n) is 10.3. The standard InChI is InChI=1S/C30H36N8O2S/c1-4-36(8-9-37-10-12-40-13-11-37)17-22-6-5-7-23(14-22)27-24(15-26-38(30(27)39)20(2)18-41-26)21(3)35-29-25(16-31)28(32)33-19-34-29/h5-7,14-15,18-19,21H,4,8-13,17H2,1-3H3,(H3,32,33,34,35)/t21-/m0/s1. The highest BCUT2D eigenvalue weighted by Crippen LogP contribution is 2.32. The summed E-state index contributed by atoms with van der Waals surface area (Å²) in [7, 11) is 0. The number of rotatable bonds is 10. The average molecular weight is 573 g/mol. The third-order valence-electron chi connectivity index (χ3n) is 7.62. The largest absolute Gasteiger partial charge is 0.382 e. The number of nitrogens with two attached hydrogens (primary N) is 1. The molecular formula is C30H36N8O2S. The summed E-state index contributed by atoms with van der Waals surface area (Å²) in [5.74, 6) is 0.456. The van der Waals surface area contributed by atoms with Gasteiger partial charge in [-0.15, -0.1) is 11.3 Å². The minimum Gasteiger partial charge on any atom is -0.382 e. The van der Waals surface area contributed by atoms with Crippen LogP contribution in [0.15, 0.2) is 46.8 Å². The number of nitrogens with one attached hydrogen (secondary N) is 1. The molecule has 41 heavy (non-hydrogen) atoms. The number of thiazole rings is 1. The molecule has 1 fully saturated rings. The molecule has 0 radical (unpaired) electrons. The minimum atomic E-state index is -0.337. The molecule has 5 rings (SSSR count). The van der Waals surface area contributed by atoms with Crippen molar-refractivity contribution in [3.8, 4) is 17.2 Å². The Hall–Kier alpha value is -3.82. The number of likely N-dealkylation sites (N-methyl/N-ethyl adjacent to an activating group) is 1. The molecule has 0 saturated carbocycles. The molecule has 11 heteroatoms. The van der Waals surface area contributed by atoms with Gasteiger partial charge in [0, 0.05) is 43.8 Å². The number of aromatic nitrogens is 3. The Kier molecular flexibility index (Phi) is 8.95. The van der Waals surface area contributed by atoms with Crippen molar-refractivity contribution in [2.24, 2.45) is 0 Å². The van der Waals surface area contributed by atoms with Crippen molar-refractivity contribution in [2.45, 2.75) is 33.4 Å². The number of hydrogen-bond donors (Lipinski definition) is 2. The Morgan fingerprint density at radius 1 is 1.27 bits per heavy atom. The molecule has 0 amide bonds. The zero-order chi connectivity index (χ0) is 28.9. The van der Waals surface area contributed by atoms with Crippen molar-refractivity contribution in [1.82, 2.24) is 24.2 Å². The Bertz CT molecular complexity index is 1620. The maximum Gasteiger partial charge on any atom is 0.264 e. The van der Waals surface area contributed by atoms with Crippen LogP contribution in [0.4, 0.5) is 11.6 Å². The lowest BCUT2D eigenvalue weighted by Crippen LogP contribution is -2.41. The van der Waals surface area contributed by atoms with Crippen molar-refractivity contribution in [1.29, 1.82) is 5.26 Å². The van der Waals surface area contributed by atoms with E-state index < -0.39 is 0 Å². The second-order valence-corrected chi connectivity index (χ2v) is 11.2. The topological polar surface area (TPSA) is 125 Å². The van der Waals surface area contributed by atoms with Crippen LogP contribution < -0.4 is 16.6 Å². The normalized spacial score (nSPS) is 14.8. The molecule has 3 N–H and O–H groups in total. The van der Waals surface area contributed by atoms with Crippen LogP contribution in [0.1, 0.15) is 42.3 Å².